The lowest BCUT2D eigenvalue weighted by atomic mass is 10.0. The van der Waals surface area contributed by atoms with Crippen molar-refractivity contribution < 1.29 is 4.74 Å². The van der Waals surface area contributed by atoms with E-state index in [4.69, 9.17) is 4.74 Å². The van der Waals surface area contributed by atoms with Crippen molar-refractivity contribution in [2.45, 2.75) is 39.5 Å². The van der Waals surface area contributed by atoms with Crippen LogP contribution in [0.15, 0.2) is 84.9 Å². The smallest absolute Gasteiger partial charge is 0.119 e. The summed E-state index contributed by atoms with van der Waals surface area (Å²) in [5, 5.41) is 2.53. The molecule has 0 radical (unpaired) electrons. The van der Waals surface area contributed by atoms with Gasteiger partial charge >= 0.3 is 0 Å². The summed E-state index contributed by atoms with van der Waals surface area (Å²) in [4.78, 5) is 0. The number of ether oxygens (including phenoxy) is 1. The van der Waals surface area contributed by atoms with Gasteiger partial charge in [-0.2, -0.15) is 0 Å². The molecular weight excluding hydrogens is 388 g/mol. The van der Waals surface area contributed by atoms with E-state index in [2.05, 4.69) is 98.5 Å². The van der Waals surface area contributed by atoms with Gasteiger partial charge in [0.05, 0.1) is 6.61 Å². The maximum absolute atomic E-state index is 5.76. The highest BCUT2D eigenvalue weighted by Crippen LogP contribution is 2.23. The Labute approximate surface area is 192 Å². The first-order chi connectivity index (χ1) is 15.7. The van der Waals surface area contributed by atoms with E-state index in [1.54, 1.807) is 0 Å². The van der Waals surface area contributed by atoms with Crippen molar-refractivity contribution in [3.05, 3.63) is 102 Å². The van der Waals surface area contributed by atoms with Crippen LogP contribution in [-0.2, 0) is 6.42 Å². The van der Waals surface area contributed by atoms with E-state index < -0.39 is 0 Å². The van der Waals surface area contributed by atoms with E-state index in [0.717, 1.165) is 42.7 Å². The Morgan fingerprint density at radius 1 is 0.625 bits per heavy atom. The average molecular weight is 419 g/mol. The molecule has 0 spiro atoms. The van der Waals surface area contributed by atoms with Crippen molar-refractivity contribution in [2.24, 2.45) is 0 Å². The summed E-state index contributed by atoms with van der Waals surface area (Å²) in [5.41, 5.74) is 5.83. The molecule has 1 nitrogen and oxygen atoms in total. The predicted molar refractivity (Wildman–Crippen MR) is 136 cm³/mol. The van der Waals surface area contributed by atoms with Gasteiger partial charge in [0.25, 0.3) is 0 Å². The van der Waals surface area contributed by atoms with Crippen molar-refractivity contribution >= 4 is 10.8 Å². The number of fused-ring (bicyclic) bond motifs is 1. The first kappa shape index (κ1) is 21.7. The number of aryl methyl sites for hydroxylation is 1. The Kier molecular flexibility index (Phi) is 7.26. The largest absolute Gasteiger partial charge is 0.494 e. The Balaban J connectivity index is 1.44. The second-order valence-electron chi connectivity index (χ2n) is 8.20. The summed E-state index contributed by atoms with van der Waals surface area (Å²) >= 11 is 0. The Morgan fingerprint density at radius 3 is 1.97 bits per heavy atom. The molecule has 0 aliphatic rings. The number of hydrogen-bond donors (Lipinski definition) is 0. The number of benzene rings is 4. The van der Waals surface area contributed by atoms with E-state index in [1.165, 1.54) is 33.9 Å². The molecule has 0 aromatic heterocycles. The van der Waals surface area contributed by atoms with Crippen molar-refractivity contribution in [2.75, 3.05) is 6.61 Å². The highest BCUT2D eigenvalue weighted by molar-refractivity contribution is 5.84. The first-order valence-electron chi connectivity index (χ1n) is 11.6. The predicted octanol–water partition coefficient (Wildman–Crippen LogP) is 8.04. The molecule has 0 aliphatic heterocycles. The topological polar surface area (TPSA) is 9.23 Å². The van der Waals surface area contributed by atoms with Crippen molar-refractivity contribution in [1.29, 1.82) is 0 Å². The molecule has 0 heterocycles. The van der Waals surface area contributed by atoms with Crippen LogP contribution in [0.3, 0.4) is 0 Å². The lowest BCUT2D eigenvalue weighted by Crippen LogP contribution is -1.95. The quantitative estimate of drug-likeness (QED) is 0.218. The highest BCUT2D eigenvalue weighted by Gasteiger charge is 2.00. The second-order valence-corrected chi connectivity index (χ2v) is 8.20. The van der Waals surface area contributed by atoms with Crippen molar-refractivity contribution in [3.63, 3.8) is 0 Å². The molecule has 4 aromatic carbocycles. The third kappa shape index (κ3) is 5.59. The maximum Gasteiger partial charge on any atom is 0.119 e. The molecular formula is C31H30O. The van der Waals surface area contributed by atoms with Crippen LogP contribution in [0, 0.1) is 11.8 Å². The number of rotatable bonds is 7. The highest BCUT2D eigenvalue weighted by atomic mass is 16.5. The summed E-state index contributed by atoms with van der Waals surface area (Å²) < 4.78 is 5.76. The van der Waals surface area contributed by atoms with Crippen LogP contribution >= 0.6 is 0 Å². The molecule has 0 saturated heterocycles. The van der Waals surface area contributed by atoms with Crippen LogP contribution in [0.5, 0.6) is 5.75 Å². The molecule has 0 atom stereocenters. The minimum Gasteiger partial charge on any atom is -0.494 e. The molecule has 0 saturated carbocycles. The minimum absolute atomic E-state index is 0.778. The fourth-order valence-electron chi connectivity index (χ4n) is 3.79. The minimum atomic E-state index is 0.778. The zero-order valence-electron chi connectivity index (χ0n) is 19.0. The van der Waals surface area contributed by atoms with Gasteiger partial charge in [-0.1, -0.05) is 87.1 Å². The molecule has 1 heteroatoms. The fourth-order valence-corrected chi connectivity index (χ4v) is 3.79. The Morgan fingerprint density at radius 2 is 1.25 bits per heavy atom. The first-order valence-corrected chi connectivity index (χ1v) is 11.6. The zero-order valence-corrected chi connectivity index (χ0v) is 19.0. The standard InChI is InChI=1S/C31H30O/c1-3-5-21-32-31-19-17-28(18-20-31)27-13-9-24(10-14-27)7-8-26-12-16-29-22-25(6-4-2)11-15-30(29)23-26/h9-20,22-23H,3-6,21H2,1-2H3. The van der Waals surface area contributed by atoms with Crippen LogP contribution in [0.4, 0.5) is 0 Å². The molecule has 0 bridgehead atoms. The van der Waals surface area contributed by atoms with Gasteiger partial charge in [-0.25, -0.2) is 0 Å². The molecule has 160 valence electrons. The molecule has 0 aliphatic carbocycles. The molecule has 0 amide bonds. The molecule has 4 rings (SSSR count). The average Bonchev–Trinajstić information content (AvgIpc) is 2.84. The molecule has 4 aromatic rings. The summed E-state index contributed by atoms with van der Waals surface area (Å²) in [6, 6.07) is 30.0. The summed E-state index contributed by atoms with van der Waals surface area (Å²) in [7, 11) is 0. The van der Waals surface area contributed by atoms with E-state index in [-0.39, 0.29) is 0 Å². The zero-order chi connectivity index (χ0) is 22.2. The van der Waals surface area contributed by atoms with E-state index in [1.807, 2.05) is 12.1 Å². The maximum atomic E-state index is 5.76. The van der Waals surface area contributed by atoms with Crippen LogP contribution < -0.4 is 4.74 Å². The number of hydrogen-bond acceptors (Lipinski definition) is 1. The van der Waals surface area contributed by atoms with Gasteiger partial charge in [-0.3, -0.25) is 0 Å². The summed E-state index contributed by atoms with van der Waals surface area (Å²) in [5.74, 6) is 7.55. The normalized spacial score (nSPS) is 10.6. The molecule has 32 heavy (non-hydrogen) atoms. The lowest BCUT2D eigenvalue weighted by molar-refractivity contribution is 0.309. The summed E-state index contributed by atoms with van der Waals surface area (Å²) in [6.45, 7) is 5.17. The monoisotopic (exact) mass is 418 g/mol. The van der Waals surface area contributed by atoms with Crippen LogP contribution in [0.25, 0.3) is 21.9 Å². The Hall–Kier alpha value is -3.50. The van der Waals surface area contributed by atoms with Gasteiger partial charge in [0, 0.05) is 11.1 Å². The van der Waals surface area contributed by atoms with Gasteiger partial charge < -0.3 is 4.74 Å². The van der Waals surface area contributed by atoms with Crippen LogP contribution in [0.1, 0.15) is 49.8 Å². The van der Waals surface area contributed by atoms with Crippen LogP contribution in [0.2, 0.25) is 0 Å². The van der Waals surface area contributed by atoms with Gasteiger partial charge in [-0.15, -0.1) is 0 Å². The van der Waals surface area contributed by atoms with Gasteiger partial charge in [0.15, 0.2) is 0 Å². The fraction of sp³-hybridized carbons (Fsp3) is 0.226. The van der Waals surface area contributed by atoms with Gasteiger partial charge in [0.1, 0.15) is 5.75 Å². The Bertz CT molecular complexity index is 1220. The summed E-state index contributed by atoms with van der Waals surface area (Å²) in [6.07, 6.45) is 4.54. The van der Waals surface area contributed by atoms with Gasteiger partial charge in [0.2, 0.25) is 0 Å². The van der Waals surface area contributed by atoms with Gasteiger partial charge in [-0.05, 0) is 76.7 Å². The second kappa shape index (κ2) is 10.7. The van der Waals surface area contributed by atoms with Crippen molar-refractivity contribution in [1.82, 2.24) is 0 Å². The SMILES string of the molecule is CCCCOc1ccc(-c2ccc(C#Cc3ccc4cc(CCC)ccc4c3)cc2)cc1. The molecule has 0 N–H and O–H groups in total. The van der Waals surface area contributed by atoms with E-state index in [0.29, 0.717) is 0 Å². The third-order valence-electron chi connectivity index (χ3n) is 5.63. The van der Waals surface area contributed by atoms with E-state index >= 15 is 0 Å². The molecule has 0 unspecified atom stereocenters. The molecule has 0 fully saturated rings. The number of unbranched alkanes of at least 4 members (excludes halogenated alkanes) is 1. The third-order valence-corrected chi connectivity index (χ3v) is 5.63. The van der Waals surface area contributed by atoms with Crippen molar-refractivity contribution in [3.8, 4) is 28.7 Å². The lowest BCUT2D eigenvalue weighted by Gasteiger charge is -2.07. The van der Waals surface area contributed by atoms with Crippen LogP contribution in [-0.4, -0.2) is 6.61 Å². The van der Waals surface area contributed by atoms with E-state index in [9.17, 15) is 0 Å².